The van der Waals surface area contributed by atoms with Gasteiger partial charge in [-0.15, -0.1) is 0 Å². The summed E-state index contributed by atoms with van der Waals surface area (Å²) in [7, 11) is 0. The largest absolute Gasteiger partial charge is 0.508 e. The molecule has 0 aliphatic heterocycles. The molecule has 0 fully saturated rings. The van der Waals surface area contributed by atoms with Crippen LogP contribution in [-0.2, 0) is 9.53 Å². The topological polar surface area (TPSA) is 96.7 Å². The monoisotopic (exact) mass is 299 g/mol. The Kier molecular flexibility index (Phi) is 4.87. The van der Waals surface area contributed by atoms with Crippen molar-refractivity contribution in [1.29, 1.82) is 0 Å². The zero-order chi connectivity index (χ0) is 15.9. The Morgan fingerprint density at radius 1 is 1.18 bits per heavy atom. The van der Waals surface area contributed by atoms with Crippen LogP contribution in [0.1, 0.15) is 16.1 Å². The second kappa shape index (κ2) is 7.03. The number of esters is 1. The predicted octanol–water partition coefficient (Wildman–Crippen LogP) is 1.93. The molecular weight excluding hydrogens is 286 g/mol. The Labute approximate surface area is 126 Å². The van der Waals surface area contributed by atoms with Crippen LogP contribution in [0.5, 0.6) is 11.5 Å². The van der Waals surface area contributed by atoms with Crippen molar-refractivity contribution in [2.24, 2.45) is 0 Å². The third-order valence-electron chi connectivity index (χ3n) is 2.71. The molecule has 1 heterocycles. The Morgan fingerprint density at radius 3 is 2.68 bits per heavy atom. The van der Waals surface area contributed by atoms with Crippen LogP contribution in [0.2, 0.25) is 0 Å². The molecule has 6 heteroatoms. The number of carbonyl (C=O) groups excluding carboxylic acids is 2. The molecule has 1 aromatic carbocycles. The van der Waals surface area contributed by atoms with Crippen LogP contribution in [0.4, 0.5) is 0 Å². The van der Waals surface area contributed by atoms with Gasteiger partial charge in [-0.1, -0.05) is 6.07 Å². The fraction of sp³-hybridized carbons (Fsp3) is 0.0625. The van der Waals surface area contributed by atoms with Crippen LogP contribution in [0.25, 0.3) is 6.08 Å². The van der Waals surface area contributed by atoms with Gasteiger partial charge in [0.05, 0.1) is 11.3 Å². The number of aromatic hydroxyl groups is 2. The highest BCUT2D eigenvalue weighted by Gasteiger charge is 2.13. The summed E-state index contributed by atoms with van der Waals surface area (Å²) in [4.78, 5) is 27.3. The van der Waals surface area contributed by atoms with E-state index in [9.17, 15) is 14.7 Å². The van der Waals surface area contributed by atoms with Gasteiger partial charge in [0.1, 0.15) is 11.5 Å². The molecule has 0 aliphatic carbocycles. The molecule has 1 aromatic heterocycles. The minimum atomic E-state index is -0.697. The number of phenols is 2. The molecule has 2 N–H and O–H groups in total. The van der Waals surface area contributed by atoms with Gasteiger partial charge < -0.3 is 14.9 Å². The van der Waals surface area contributed by atoms with Crippen molar-refractivity contribution in [3.8, 4) is 11.5 Å². The summed E-state index contributed by atoms with van der Waals surface area (Å²) in [5.74, 6) is -1.80. The van der Waals surface area contributed by atoms with E-state index in [0.29, 0.717) is 5.69 Å². The SMILES string of the molecule is O=C(C=Cc1ccccn1)OCC(=O)c1ccc(O)cc1O. The van der Waals surface area contributed by atoms with Gasteiger partial charge in [0.25, 0.3) is 0 Å². The highest BCUT2D eigenvalue weighted by atomic mass is 16.5. The molecule has 112 valence electrons. The minimum Gasteiger partial charge on any atom is -0.508 e. The lowest BCUT2D eigenvalue weighted by atomic mass is 10.1. The number of phenolic OH excluding ortho intramolecular Hbond substituents is 2. The van der Waals surface area contributed by atoms with E-state index < -0.39 is 18.4 Å². The number of carbonyl (C=O) groups is 2. The van der Waals surface area contributed by atoms with Crippen LogP contribution < -0.4 is 0 Å². The molecule has 0 bridgehead atoms. The van der Waals surface area contributed by atoms with Crippen LogP contribution in [0.15, 0.2) is 48.7 Å². The molecule has 0 amide bonds. The van der Waals surface area contributed by atoms with Crippen LogP contribution >= 0.6 is 0 Å². The summed E-state index contributed by atoms with van der Waals surface area (Å²) in [6.45, 7) is -0.510. The lowest BCUT2D eigenvalue weighted by Gasteiger charge is -2.04. The number of benzene rings is 1. The van der Waals surface area contributed by atoms with Gasteiger partial charge in [-0.25, -0.2) is 4.79 Å². The average molecular weight is 299 g/mol. The summed E-state index contributed by atoms with van der Waals surface area (Å²) in [5, 5.41) is 18.7. The van der Waals surface area contributed by atoms with Gasteiger partial charge in [0.2, 0.25) is 5.78 Å². The summed E-state index contributed by atoms with van der Waals surface area (Å²) < 4.78 is 4.79. The van der Waals surface area contributed by atoms with E-state index in [4.69, 9.17) is 9.84 Å². The van der Waals surface area contributed by atoms with Crippen molar-refractivity contribution in [3.63, 3.8) is 0 Å². The van der Waals surface area contributed by atoms with E-state index in [2.05, 4.69) is 4.98 Å². The smallest absolute Gasteiger partial charge is 0.331 e. The number of Topliss-reactive ketones (excluding diaryl/α,β-unsaturated/α-hetero) is 1. The molecule has 0 radical (unpaired) electrons. The van der Waals surface area contributed by atoms with Gasteiger partial charge in [-0.05, 0) is 30.3 Å². The van der Waals surface area contributed by atoms with E-state index in [1.807, 2.05) is 0 Å². The number of hydrogen-bond acceptors (Lipinski definition) is 6. The highest BCUT2D eigenvalue weighted by Crippen LogP contribution is 2.22. The molecule has 2 aromatic rings. The molecule has 2 rings (SSSR count). The number of ether oxygens (including phenoxy) is 1. The maximum Gasteiger partial charge on any atom is 0.331 e. The second-order valence-electron chi connectivity index (χ2n) is 4.32. The minimum absolute atomic E-state index is 0.0284. The van der Waals surface area contributed by atoms with Crippen molar-refractivity contribution in [3.05, 3.63) is 59.9 Å². The average Bonchev–Trinajstić information content (AvgIpc) is 2.51. The fourth-order valence-electron chi connectivity index (χ4n) is 1.65. The quantitative estimate of drug-likeness (QED) is 0.497. The molecule has 6 nitrogen and oxygen atoms in total. The Bertz CT molecular complexity index is 710. The first-order chi connectivity index (χ1) is 10.6. The third-order valence-corrected chi connectivity index (χ3v) is 2.71. The molecule has 0 aliphatic rings. The fourth-order valence-corrected chi connectivity index (χ4v) is 1.65. The normalized spacial score (nSPS) is 10.5. The molecule has 0 saturated carbocycles. The molecule has 0 spiro atoms. The van der Waals surface area contributed by atoms with Gasteiger partial charge in [-0.2, -0.15) is 0 Å². The van der Waals surface area contributed by atoms with Crippen molar-refractivity contribution in [2.45, 2.75) is 0 Å². The standard InChI is InChI=1S/C16H13NO5/c18-12-5-6-13(14(19)9-12)15(20)10-22-16(21)7-4-11-3-1-2-8-17-11/h1-9,18-19H,10H2. The van der Waals surface area contributed by atoms with E-state index in [0.717, 1.165) is 12.1 Å². The van der Waals surface area contributed by atoms with E-state index in [-0.39, 0.29) is 17.1 Å². The maximum absolute atomic E-state index is 11.8. The zero-order valence-corrected chi connectivity index (χ0v) is 11.5. The lowest BCUT2D eigenvalue weighted by Crippen LogP contribution is -2.12. The molecular formula is C16H13NO5. The van der Waals surface area contributed by atoms with Gasteiger partial charge in [0, 0.05) is 18.3 Å². The maximum atomic E-state index is 11.8. The number of rotatable bonds is 5. The number of nitrogens with zero attached hydrogens (tertiary/aromatic N) is 1. The van der Waals surface area contributed by atoms with Gasteiger partial charge in [0.15, 0.2) is 6.61 Å². The van der Waals surface area contributed by atoms with E-state index in [1.165, 1.54) is 18.2 Å². The predicted molar refractivity (Wildman–Crippen MR) is 78.3 cm³/mol. The van der Waals surface area contributed by atoms with Gasteiger partial charge >= 0.3 is 5.97 Å². The lowest BCUT2D eigenvalue weighted by molar-refractivity contribution is -0.136. The number of ketones is 1. The van der Waals surface area contributed by atoms with Crippen molar-refractivity contribution >= 4 is 17.8 Å². The summed E-state index contributed by atoms with van der Waals surface area (Å²) in [6.07, 6.45) is 4.21. The Morgan fingerprint density at radius 2 is 2.00 bits per heavy atom. The van der Waals surface area contributed by atoms with Crippen molar-refractivity contribution < 1.29 is 24.5 Å². The summed E-state index contributed by atoms with van der Waals surface area (Å²) in [6, 6.07) is 8.79. The summed E-state index contributed by atoms with van der Waals surface area (Å²) in [5.41, 5.74) is 0.557. The molecule has 0 unspecified atom stereocenters. The third kappa shape index (κ3) is 4.17. The number of hydrogen-bond donors (Lipinski definition) is 2. The zero-order valence-electron chi connectivity index (χ0n) is 11.5. The van der Waals surface area contributed by atoms with Crippen LogP contribution in [-0.4, -0.2) is 33.6 Å². The molecule has 0 atom stereocenters. The second-order valence-corrected chi connectivity index (χ2v) is 4.32. The van der Waals surface area contributed by atoms with E-state index in [1.54, 1.807) is 24.4 Å². The first-order valence-electron chi connectivity index (χ1n) is 6.37. The van der Waals surface area contributed by atoms with Crippen LogP contribution in [0, 0.1) is 0 Å². The van der Waals surface area contributed by atoms with Gasteiger partial charge in [-0.3, -0.25) is 9.78 Å². The molecule has 0 saturated heterocycles. The van der Waals surface area contributed by atoms with Crippen molar-refractivity contribution in [1.82, 2.24) is 4.98 Å². The van der Waals surface area contributed by atoms with Crippen molar-refractivity contribution in [2.75, 3.05) is 6.61 Å². The van der Waals surface area contributed by atoms with E-state index >= 15 is 0 Å². The summed E-state index contributed by atoms with van der Waals surface area (Å²) >= 11 is 0. The Balaban J connectivity index is 1.91. The first kappa shape index (κ1) is 15.2. The molecule has 22 heavy (non-hydrogen) atoms. The van der Waals surface area contributed by atoms with Crippen LogP contribution in [0.3, 0.4) is 0 Å². The first-order valence-corrected chi connectivity index (χ1v) is 6.37. The number of pyridine rings is 1. The number of aromatic nitrogens is 1. The highest BCUT2D eigenvalue weighted by molar-refractivity contribution is 6.01. The Hall–Kier alpha value is -3.15.